The summed E-state index contributed by atoms with van der Waals surface area (Å²) in [5.74, 6) is -1.35. The number of aromatic nitrogens is 1. The first-order valence-electron chi connectivity index (χ1n) is 6.04. The highest BCUT2D eigenvalue weighted by molar-refractivity contribution is 7.19. The minimum Gasteiger partial charge on any atom is -0.298 e. The van der Waals surface area contributed by atoms with Gasteiger partial charge in [0, 0.05) is 12.3 Å². The Morgan fingerprint density at radius 2 is 2.09 bits per heavy atom. The number of alkyl halides is 3. The van der Waals surface area contributed by atoms with Gasteiger partial charge in [0.2, 0.25) is 0 Å². The Bertz CT molecular complexity index is 718. The number of rotatable bonds is 3. The van der Waals surface area contributed by atoms with Gasteiger partial charge in [-0.25, -0.2) is 9.37 Å². The molecule has 0 bridgehead atoms. The molecule has 2 aromatic rings. The van der Waals surface area contributed by atoms with Crippen LogP contribution in [0.15, 0.2) is 42.4 Å². The minimum atomic E-state index is -4.43. The van der Waals surface area contributed by atoms with Crippen LogP contribution in [0.2, 0.25) is 0 Å². The Hall–Kier alpha value is -2.22. The number of halogens is 4. The molecule has 22 heavy (non-hydrogen) atoms. The maximum absolute atomic E-state index is 12.7. The van der Waals surface area contributed by atoms with E-state index in [0.717, 1.165) is 36.5 Å². The largest absolute Gasteiger partial charge is 0.416 e. The van der Waals surface area contributed by atoms with Crippen molar-refractivity contribution in [3.8, 4) is 10.4 Å². The Morgan fingerprint density at radius 1 is 1.36 bits per heavy atom. The van der Waals surface area contributed by atoms with Crippen molar-refractivity contribution in [2.45, 2.75) is 13.1 Å². The third-order valence-corrected chi connectivity index (χ3v) is 3.50. The van der Waals surface area contributed by atoms with E-state index in [1.807, 2.05) is 0 Å². The highest BCUT2D eigenvalue weighted by Crippen LogP contribution is 2.34. The van der Waals surface area contributed by atoms with Crippen molar-refractivity contribution >= 4 is 22.4 Å². The van der Waals surface area contributed by atoms with Crippen LogP contribution in [0.3, 0.4) is 0 Å². The van der Waals surface area contributed by atoms with Crippen molar-refractivity contribution in [1.82, 2.24) is 4.98 Å². The Balaban J connectivity index is 2.22. The highest BCUT2D eigenvalue weighted by atomic mass is 32.1. The molecule has 0 aliphatic rings. The van der Waals surface area contributed by atoms with Crippen LogP contribution in [0, 0.1) is 0 Å². The molecule has 1 aromatic heterocycles. The number of hydrogen-bond donors (Lipinski definition) is 1. The van der Waals surface area contributed by atoms with Crippen LogP contribution in [0.5, 0.6) is 0 Å². The maximum atomic E-state index is 12.7. The van der Waals surface area contributed by atoms with Crippen LogP contribution in [0.1, 0.15) is 12.5 Å². The summed E-state index contributed by atoms with van der Waals surface area (Å²) in [6.45, 7) is 1.12. The minimum absolute atomic E-state index is 0.176. The van der Waals surface area contributed by atoms with E-state index in [0.29, 0.717) is 10.4 Å². The molecule has 1 heterocycles. The lowest BCUT2D eigenvalue weighted by Gasteiger charge is -2.07. The van der Waals surface area contributed by atoms with Gasteiger partial charge in [-0.05, 0) is 24.6 Å². The lowest BCUT2D eigenvalue weighted by Crippen LogP contribution is -2.07. The zero-order chi connectivity index (χ0) is 16.3. The van der Waals surface area contributed by atoms with Gasteiger partial charge in [0.25, 0.3) is 5.91 Å². The molecule has 116 valence electrons. The van der Waals surface area contributed by atoms with E-state index in [1.165, 1.54) is 18.3 Å². The van der Waals surface area contributed by atoms with Gasteiger partial charge in [0.1, 0.15) is 5.83 Å². The van der Waals surface area contributed by atoms with Crippen molar-refractivity contribution in [2.75, 3.05) is 5.32 Å². The Kier molecular flexibility index (Phi) is 4.60. The van der Waals surface area contributed by atoms with Crippen LogP contribution in [-0.2, 0) is 11.0 Å². The smallest absolute Gasteiger partial charge is 0.298 e. The van der Waals surface area contributed by atoms with Gasteiger partial charge in [0.05, 0.1) is 10.4 Å². The predicted octanol–water partition coefficient (Wildman–Crippen LogP) is 4.64. The molecule has 8 heteroatoms. The second-order valence-corrected chi connectivity index (χ2v) is 5.36. The summed E-state index contributed by atoms with van der Waals surface area (Å²) in [4.78, 5) is 15.7. The van der Waals surface area contributed by atoms with Gasteiger partial charge in [-0.3, -0.25) is 10.1 Å². The summed E-state index contributed by atoms with van der Waals surface area (Å²) >= 11 is 0.999. The topological polar surface area (TPSA) is 42.0 Å². The van der Waals surface area contributed by atoms with Crippen LogP contribution in [0.25, 0.3) is 10.4 Å². The van der Waals surface area contributed by atoms with E-state index in [4.69, 9.17) is 0 Å². The molecule has 0 aliphatic heterocycles. The molecule has 1 aromatic carbocycles. The van der Waals surface area contributed by atoms with Crippen LogP contribution < -0.4 is 5.32 Å². The second kappa shape index (κ2) is 6.27. The number of anilines is 1. The zero-order valence-corrected chi connectivity index (χ0v) is 12.1. The monoisotopic (exact) mass is 330 g/mol. The summed E-state index contributed by atoms with van der Waals surface area (Å²) in [5.41, 5.74) is -0.426. The standard InChI is InChI=1S/C14H10F4N2OS/c1-8(15)5-12(21)20-13-19-7-11(22-13)9-3-2-4-10(6-9)14(16,17)18/h2-7H,1H3,(H,19,20,21)/b8-5-. The zero-order valence-electron chi connectivity index (χ0n) is 11.2. The first-order chi connectivity index (χ1) is 10.3. The molecule has 0 unspecified atom stereocenters. The average molecular weight is 330 g/mol. The maximum Gasteiger partial charge on any atom is 0.416 e. The lowest BCUT2D eigenvalue weighted by molar-refractivity contribution is -0.137. The number of hydrogen-bond acceptors (Lipinski definition) is 3. The van der Waals surface area contributed by atoms with Crippen molar-refractivity contribution in [2.24, 2.45) is 0 Å². The van der Waals surface area contributed by atoms with Crippen molar-refractivity contribution < 1.29 is 22.4 Å². The van der Waals surface area contributed by atoms with E-state index in [2.05, 4.69) is 10.3 Å². The van der Waals surface area contributed by atoms with Gasteiger partial charge in [-0.2, -0.15) is 13.2 Å². The van der Waals surface area contributed by atoms with Crippen LogP contribution in [0.4, 0.5) is 22.7 Å². The molecule has 2 rings (SSSR count). The van der Waals surface area contributed by atoms with Crippen molar-refractivity contribution in [3.63, 3.8) is 0 Å². The summed E-state index contributed by atoms with van der Waals surface area (Å²) in [5, 5.41) is 2.51. The van der Waals surface area contributed by atoms with E-state index < -0.39 is 23.5 Å². The molecule has 0 fully saturated rings. The fraction of sp³-hybridized carbons (Fsp3) is 0.143. The molecule has 0 atom stereocenters. The van der Waals surface area contributed by atoms with Crippen molar-refractivity contribution in [1.29, 1.82) is 0 Å². The lowest BCUT2D eigenvalue weighted by atomic mass is 10.1. The predicted molar refractivity (Wildman–Crippen MR) is 76.0 cm³/mol. The SMILES string of the molecule is C/C(F)=C/C(=O)Nc1ncc(-c2cccc(C(F)(F)F)c2)s1. The number of thiazole rings is 1. The Labute approximate surface area is 127 Å². The normalized spacial score (nSPS) is 12.3. The number of carbonyl (C=O) groups excluding carboxylic acids is 1. The van der Waals surface area contributed by atoms with Crippen molar-refractivity contribution in [3.05, 3.63) is 47.9 Å². The average Bonchev–Trinajstić information content (AvgIpc) is 2.85. The molecule has 1 amide bonds. The summed E-state index contributed by atoms with van der Waals surface area (Å²) in [7, 11) is 0. The summed E-state index contributed by atoms with van der Waals surface area (Å²) < 4.78 is 50.6. The van der Waals surface area contributed by atoms with Gasteiger partial charge >= 0.3 is 6.18 Å². The first kappa shape index (κ1) is 16.2. The van der Waals surface area contributed by atoms with Crippen LogP contribution in [-0.4, -0.2) is 10.9 Å². The third kappa shape index (κ3) is 4.14. The molecule has 3 nitrogen and oxygen atoms in total. The fourth-order valence-electron chi connectivity index (χ4n) is 1.64. The van der Waals surface area contributed by atoms with Gasteiger partial charge < -0.3 is 0 Å². The van der Waals surface area contributed by atoms with E-state index in [9.17, 15) is 22.4 Å². The Morgan fingerprint density at radius 3 is 2.73 bits per heavy atom. The number of nitrogens with zero attached hydrogens (tertiary/aromatic N) is 1. The van der Waals surface area contributed by atoms with Gasteiger partial charge in [0.15, 0.2) is 5.13 Å². The first-order valence-corrected chi connectivity index (χ1v) is 6.85. The van der Waals surface area contributed by atoms with E-state index in [1.54, 1.807) is 0 Å². The highest BCUT2D eigenvalue weighted by Gasteiger charge is 2.30. The summed E-state index contributed by atoms with van der Waals surface area (Å²) in [6, 6.07) is 4.79. The van der Waals surface area contributed by atoms with E-state index in [-0.39, 0.29) is 5.13 Å². The molecule has 1 N–H and O–H groups in total. The van der Waals surface area contributed by atoms with Gasteiger partial charge in [-0.15, -0.1) is 0 Å². The number of benzene rings is 1. The third-order valence-electron chi connectivity index (χ3n) is 2.54. The molecule has 0 saturated carbocycles. The summed E-state index contributed by atoms with van der Waals surface area (Å²) in [6.07, 6.45) is -2.33. The second-order valence-electron chi connectivity index (χ2n) is 4.33. The molecular weight excluding hydrogens is 320 g/mol. The van der Waals surface area contributed by atoms with E-state index >= 15 is 0 Å². The molecule has 0 saturated heterocycles. The quantitative estimate of drug-likeness (QED) is 0.658. The van der Waals surface area contributed by atoms with Gasteiger partial charge in [-0.1, -0.05) is 23.5 Å². The molecule has 0 radical (unpaired) electrons. The molecule has 0 aliphatic carbocycles. The molecule has 0 spiro atoms. The number of allylic oxidation sites excluding steroid dienone is 1. The number of carbonyl (C=O) groups is 1. The fourth-order valence-corrected chi connectivity index (χ4v) is 2.45. The van der Waals surface area contributed by atoms with Crippen LogP contribution >= 0.6 is 11.3 Å². The number of amides is 1. The molecular formula is C14H10F4N2OS. The number of nitrogens with one attached hydrogen (secondary N) is 1.